The number of amides is 1. The van der Waals surface area contributed by atoms with Crippen LogP contribution in [0.1, 0.15) is 12.6 Å². The highest BCUT2D eigenvalue weighted by Crippen LogP contribution is 2.30. The van der Waals surface area contributed by atoms with E-state index in [0.29, 0.717) is 6.54 Å². The molecule has 0 spiro atoms. The van der Waals surface area contributed by atoms with E-state index in [2.05, 4.69) is 15.3 Å². The summed E-state index contributed by atoms with van der Waals surface area (Å²) in [5, 5.41) is 2.39. The van der Waals surface area contributed by atoms with Gasteiger partial charge in [-0.1, -0.05) is 0 Å². The van der Waals surface area contributed by atoms with Crippen molar-refractivity contribution >= 4 is 17.7 Å². The Balaban J connectivity index is 3.17. The zero-order valence-corrected chi connectivity index (χ0v) is 11.0. The van der Waals surface area contributed by atoms with Gasteiger partial charge in [0.2, 0.25) is 11.9 Å². The molecule has 1 amide bonds. The normalized spacial score (nSPS) is 11.1. The maximum atomic E-state index is 12.7. The number of hydrazine groups is 1. The fourth-order valence-corrected chi connectivity index (χ4v) is 1.41. The van der Waals surface area contributed by atoms with E-state index in [-0.39, 0.29) is 24.2 Å². The summed E-state index contributed by atoms with van der Waals surface area (Å²) in [7, 11) is 1.43. The Labute approximate surface area is 113 Å². The molecule has 0 bridgehead atoms. The maximum Gasteiger partial charge on any atom is 0.433 e. The van der Waals surface area contributed by atoms with Gasteiger partial charge in [-0.05, 0) is 6.92 Å². The number of rotatable bonds is 5. The Bertz CT molecular complexity index is 479. The van der Waals surface area contributed by atoms with Crippen LogP contribution in [0.4, 0.5) is 24.9 Å². The summed E-state index contributed by atoms with van der Waals surface area (Å²) in [6.07, 6.45) is -4.63. The number of likely N-dealkylation sites (N-methyl/N-ethyl adjacent to an activating group) is 2. The Morgan fingerprint density at radius 1 is 1.45 bits per heavy atom. The lowest BCUT2D eigenvalue weighted by molar-refractivity contribution is -0.141. The lowest BCUT2D eigenvalue weighted by Gasteiger charge is -2.22. The van der Waals surface area contributed by atoms with Crippen LogP contribution in [0.2, 0.25) is 0 Å². The molecule has 7 nitrogen and oxygen atoms in total. The van der Waals surface area contributed by atoms with E-state index < -0.39 is 11.9 Å². The first-order valence-electron chi connectivity index (χ1n) is 5.70. The Kier molecular flexibility index (Phi) is 5.08. The lowest BCUT2D eigenvalue weighted by atomic mass is 10.3. The molecule has 0 fully saturated rings. The van der Waals surface area contributed by atoms with Gasteiger partial charge in [-0.25, -0.2) is 10.8 Å². The fraction of sp³-hybridized carbons (Fsp3) is 0.500. The number of hydrogen-bond donors (Lipinski definition) is 3. The second kappa shape index (κ2) is 6.37. The number of nitrogens with one attached hydrogen (secondary N) is 2. The van der Waals surface area contributed by atoms with E-state index >= 15 is 0 Å². The third-order valence-electron chi connectivity index (χ3n) is 2.45. The van der Waals surface area contributed by atoms with E-state index in [1.807, 2.05) is 5.43 Å². The van der Waals surface area contributed by atoms with Gasteiger partial charge in [-0.2, -0.15) is 18.2 Å². The van der Waals surface area contributed by atoms with Gasteiger partial charge in [-0.15, -0.1) is 0 Å². The minimum Gasteiger partial charge on any atom is -0.358 e. The van der Waals surface area contributed by atoms with Crippen molar-refractivity contribution in [3.05, 3.63) is 11.8 Å². The number of carbonyl (C=O) groups is 1. The van der Waals surface area contributed by atoms with Gasteiger partial charge >= 0.3 is 6.18 Å². The molecule has 0 unspecified atom stereocenters. The third kappa shape index (κ3) is 3.95. The van der Waals surface area contributed by atoms with Crippen molar-refractivity contribution in [3.63, 3.8) is 0 Å². The minimum absolute atomic E-state index is 0.0358. The SMILES string of the molecule is CCN(CC(=O)NC)c1cc(C(F)(F)F)nc(NN)n1. The van der Waals surface area contributed by atoms with Crippen LogP contribution < -0.4 is 21.5 Å². The molecular formula is C10H15F3N6O. The zero-order valence-electron chi connectivity index (χ0n) is 11.0. The van der Waals surface area contributed by atoms with Gasteiger partial charge in [-0.3, -0.25) is 10.2 Å². The average molecular weight is 292 g/mol. The molecule has 0 aliphatic carbocycles. The highest BCUT2D eigenvalue weighted by molar-refractivity contribution is 5.80. The largest absolute Gasteiger partial charge is 0.433 e. The lowest BCUT2D eigenvalue weighted by Crippen LogP contribution is -2.36. The molecule has 0 radical (unpaired) electrons. The molecule has 1 aromatic rings. The number of anilines is 2. The van der Waals surface area contributed by atoms with Crippen molar-refractivity contribution in [3.8, 4) is 0 Å². The molecular weight excluding hydrogens is 277 g/mol. The number of alkyl halides is 3. The van der Waals surface area contributed by atoms with Gasteiger partial charge in [0.1, 0.15) is 5.82 Å². The molecule has 0 atom stereocenters. The summed E-state index contributed by atoms with van der Waals surface area (Å²) in [6, 6.07) is 0.771. The second-order valence-corrected chi connectivity index (χ2v) is 3.76. The summed E-state index contributed by atoms with van der Waals surface area (Å²) >= 11 is 0. The van der Waals surface area contributed by atoms with Crippen molar-refractivity contribution in [2.75, 3.05) is 30.5 Å². The van der Waals surface area contributed by atoms with E-state index in [4.69, 9.17) is 5.84 Å². The first-order valence-corrected chi connectivity index (χ1v) is 5.70. The molecule has 1 heterocycles. The predicted molar refractivity (Wildman–Crippen MR) is 66.8 cm³/mol. The molecule has 10 heteroatoms. The van der Waals surface area contributed by atoms with Crippen LogP contribution in [0.3, 0.4) is 0 Å². The van der Waals surface area contributed by atoms with Crippen molar-refractivity contribution in [2.24, 2.45) is 5.84 Å². The standard InChI is InChI=1S/C10H15F3N6O/c1-3-19(5-8(20)15-2)7-4-6(10(11,12)13)16-9(17-7)18-14/h4H,3,5,14H2,1-2H3,(H,15,20)(H,16,17,18). The van der Waals surface area contributed by atoms with E-state index in [0.717, 1.165) is 6.07 Å². The van der Waals surface area contributed by atoms with E-state index in [9.17, 15) is 18.0 Å². The number of aromatic nitrogens is 2. The fourth-order valence-electron chi connectivity index (χ4n) is 1.41. The second-order valence-electron chi connectivity index (χ2n) is 3.76. The van der Waals surface area contributed by atoms with Gasteiger partial charge < -0.3 is 10.2 Å². The smallest absolute Gasteiger partial charge is 0.358 e. The maximum absolute atomic E-state index is 12.7. The molecule has 0 aromatic carbocycles. The van der Waals surface area contributed by atoms with Crippen LogP contribution in [0.15, 0.2) is 6.07 Å². The minimum atomic E-state index is -4.63. The number of halogens is 3. The van der Waals surface area contributed by atoms with Crippen molar-refractivity contribution in [1.82, 2.24) is 15.3 Å². The number of nitrogen functional groups attached to an aromatic ring is 1. The quantitative estimate of drug-likeness (QED) is 0.535. The van der Waals surface area contributed by atoms with Gasteiger partial charge in [0, 0.05) is 19.7 Å². The molecule has 1 rings (SSSR count). The third-order valence-corrected chi connectivity index (χ3v) is 2.45. The van der Waals surface area contributed by atoms with Crippen molar-refractivity contribution < 1.29 is 18.0 Å². The van der Waals surface area contributed by atoms with Crippen LogP contribution >= 0.6 is 0 Å². The number of carbonyl (C=O) groups excluding carboxylic acids is 1. The molecule has 0 saturated carbocycles. The Morgan fingerprint density at radius 2 is 2.10 bits per heavy atom. The zero-order chi connectivity index (χ0) is 15.3. The van der Waals surface area contributed by atoms with Crippen LogP contribution in [0, 0.1) is 0 Å². The van der Waals surface area contributed by atoms with Crippen LogP contribution in [-0.2, 0) is 11.0 Å². The summed E-state index contributed by atoms with van der Waals surface area (Å²) in [6.45, 7) is 1.87. The predicted octanol–water partition coefficient (Wildman–Crippen LogP) is 0.353. The van der Waals surface area contributed by atoms with Gasteiger partial charge in [0.05, 0.1) is 6.54 Å². The first-order chi connectivity index (χ1) is 9.31. The van der Waals surface area contributed by atoms with Crippen LogP contribution in [-0.4, -0.2) is 36.0 Å². The van der Waals surface area contributed by atoms with Crippen LogP contribution in [0.5, 0.6) is 0 Å². The topological polar surface area (TPSA) is 96.2 Å². The highest BCUT2D eigenvalue weighted by Gasteiger charge is 2.34. The Morgan fingerprint density at radius 3 is 2.55 bits per heavy atom. The van der Waals surface area contributed by atoms with Crippen LogP contribution in [0.25, 0.3) is 0 Å². The average Bonchev–Trinajstić information content (AvgIpc) is 2.42. The molecule has 0 saturated heterocycles. The molecule has 20 heavy (non-hydrogen) atoms. The van der Waals surface area contributed by atoms with E-state index in [1.165, 1.54) is 11.9 Å². The Hall–Kier alpha value is -2.10. The monoisotopic (exact) mass is 292 g/mol. The summed E-state index contributed by atoms with van der Waals surface area (Å²) in [4.78, 5) is 19.8. The van der Waals surface area contributed by atoms with Gasteiger partial charge in [0.15, 0.2) is 5.69 Å². The highest BCUT2D eigenvalue weighted by atomic mass is 19.4. The summed E-state index contributed by atoms with van der Waals surface area (Å²) in [5.74, 6) is 4.31. The molecule has 0 aliphatic rings. The number of hydrogen-bond acceptors (Lipinski definition) is 6. The number of nitrogens with zero attached hydrogens (tertiary/aromatic N) is 3. The van der Waals surface area contributed by atoms with E-state index in [1.54, 1.807) is 6.92 Å². The van der Waals surface area contributed by atoms with Gasteiger partial charge in [0.25, 0.3) is 0 Å². The molecule has 4 N–H and O–H groups in total. The number of nitrogens with two attached hydrogens (primary N) is 1. The first kappa shape index (κ1) is 16.0. The van der Waals surface area contributed by atoms with Crippen molar-refractivity contribution in [2.45, 2.75) is 13.1 Å². The molecule has 112 valence electrons. The molecule has 0 aliphatic heterocycles. The molecule has 1 aromatic heterocycles. The van der Waals surface area contributed by atoms with Crippen molar-refractivity contribution in [1.29, 1.82) is 0 Å². The summed E-state index contributed by atoms with van der Waals surface area (Å²) in [5.41, 5.74) is 0.843. The summed E-state index contributed by atoms with van der Waals surface area (Å²) < 4.78 is 38.2.